The number of carbonyl (C=O) groups excluding carboxylic acids is 2. The molecule has 0 saturated carbocycles. The van der Waals surface area contributed by atoms with Crippen LogP contribution in [0.3, 0.4) is 0 Å². The molecular weight excluding hydrogens is 325 g/mol. The quantitative estimate of drug-likeness (QED) is 0.879. The maximum Gasteiger partial charge on any atom is 0.416 e. The minimum Gasteiger partial charge on any atom is -0.483 e. The van der Waals surface area contributed by atoms with Gasteiger partial charge in [0.25, 0.3) is 11.8 Å². The summed E-state index contributed by atoms with van der Waals surface area (Å²) < 4.78 is 43.2. The number of nitrogens with two attached hydrogens (primary N) is 1. The Morgan fingerprint density at radius 1 is 1.08 bits per heavy atom. The number of primary amides is 1. The number of carbonyl (C=O) groups is 2. The maximum absolute atomic E-state index is 12.7. The van der Waals surface area contributed by atoms with Crippen molar-refractivity contribution >= 4 is 17.5 Å². The highest BCUT2D eigenvalue weighted by Crippen LogP contribution is 2.31. The lowest BCUT2D eigenvalue weighted by Gasteiger charge is -2.12. The summed E-state index contributed by atoms with van der Waals surface area (Å²) >= 11 is 0. The molecule has 8 heteroatoms. The van der Waals surface area contributed by atoms with Crippen molar-refractivity contribution in [2.45, 2.75) is 6.18 Å². The summed E-state index contributed by atoms with van der Waals surface area (Å²) in [5, 5.41) is 2.36. The van der Waals surface area contributed by atoms with Crippen LogP contribution in [0.4, 0.5) is 18.9 Å². The second-order valence-corrected chi connectivity index (χ2v) is 4.78. The van der Waals surface area contributed by atoms with Gasteiger partial charge in [0.1, 0.15) is 5.75 Å². The summed E-state index contributed by atoms with van der Waals surface area (Å²) in [7, 11) is 0. The number of nitrogens with one attached hydrogen (secondary N) is 1. The van der Waals surface area contributed by atoms with E-state index in [2.05, 4.69) is 5.32 Å². The van der Waals surface area contributed by atoms with Crippen molar-refractivity contribution in [3.63, 3.8) is 0 Å². The lowest BCUT2D eigenvalue weighted by molar-refractivity contribution is -0.137. The molecule has 0 aliphatic carbocycles. The van der Waals surface area contributed by atoms with Crippen molar-refractivity contribution in [1.82, 2.24) is 0 Å². The molecule has 3 N–H and O–H groups in total. The van der Waals surface area contributed by atoms with Gasteiger partial charge in [0, 0.05) is 5.69 Å². The summed E-state index contributed by atoms with van der Waals surface area (Å²) in [4.78, 5) is 23.0. The van der Waals surface area contributed by atoms with Crippen LogP contribution < -0.4 is 15.8 Å². The summed E-state index contributed by atoms with van der Waals surface area (Å²) in [6.07, 6.45) is -4.51. The zero-order valence-electron chi connectivity index (χ0n) is 12.3. The van der Waals surface area contributed by atoms with Crippen molar-refractivity contribution in [1.29, 1.82) is 0 Å². The number of anilines is 1. The minimum absolute atomic E-state index is 0.0143. The second-order valence-electron chi connectivity index (χ2n) is 4.78. The first kappa shape index (κ1) is 17.3. The number of amides is 2. The van der Waals surface area contributed by atoms with E-state index in [-0.39, 0.29) is 17.0 Å². The van der Waals surface area contributed by atoms with E-state index < -0.39 is 30.2 Å². The Balaban J connectivity index is 2.20. The molecule has 0 aliphatic heterocycles. The second kappa shape index (κ2) is 7.03. The van der Waals surface area contributed by atoms with E-state index in [9.17, 15) is 22.8 Å². The Morgan fingerprint density at radius 3 is 2.46 bits per heavy atom. The number of halogens is 3. The predicted molar refractivity (Wildman–Crippen MR) is 80.5 cm³/mol. The van der Waals surface area contributed by atoms with Crippen LogP contribution in [0.2, 0.25) is 0 Å². The summed E-state index contributed by atoms with van der Waals surface area (Å²) in [6.45, 7) is -0.423. The van der Waals surface area contributed by atoms with Crippen LogP contribution in [0.15, 0.2) is 48.5 Å². The normalized spacial score (nSPS) is 11.0. The zero-order valence-corrected chi connectivity index (χ0v) is 12.3. The van der Waals surface area contributed by atoms with E-state index in [4.69, 9.17) is 10.5 Å². The van der Waals surface area contributed by atoms with Crippen molar-refractivity contribution in [3.05, 3.63) is 59.7 Å². The van der Waals surface area contributed by atoms with E-state index in [0.717, 1.165) is 12.1 Å². The molecular formula is C16H13F3N2O3. The molecule has 0 aromatic heterocycles. The molecule has 0 spiro atoms. The van der Waals surface area contributed by atoms with Crippen LogP contribution >= 0.6 is 0 Å². The molecule has 0 fully saturated rings. The minimum atomic E-state index is -4.51. The molecule has 2 amide bonds. The van der Waals surface area contributed by atoms with Gasteiger partial charge < -0.3 is 15.8 Å². The Labute approximate surface area is 135 Å². The van der Waals surface area contributed by atoms with Crippen molar-refractivity contribution < 1.29 is 27.5 Å². The first-order valence-corrected chi connectivity index (χ1v) is 6.76. The number of hydrogen-bond acceptors (Lipinski definition) is 3. The van der Waals surface area contributed by atoms with Crippen LogP contribution in [-0.2, 0) is 11.0 Å². The van der Waals surface area contributed by atoms with E-state index >= 15 is 0 Å². The molecule has 0 unspecified atom stereocenters. The molecule has 24 heavy (non-hydrogen) atoms. The SMILES string of the molecule is NC(=O)COc1ccccc1C(=O)Nc1cccc(C(F)(F)F)c1. The van der Waals surface area contributed by atoms with Crippen molar-refractivity contribution in [2.75, 3.05) is 11.9 Å². The largest absolute Gasteiger partial charge is 0.483 e. The number of rotatable bonds is 5. The van der Waals surface area contributed by atoms with Gasteiger partial charge >= 0.3 is 6.18 Å². The number of benzene rings is 2. The highest BCUT2D eigenvalue weighted by Gasteiger charge is 2.30. The Kier molecular flexibility index (Phi) is 5.08. The number of alkyl halides is 3. The molecule has 2 aromatic rings. The molecule has 0 atom stereocenters. The summed E-state index contributed by atoms with van der Waals surface area (Å²) in [6, 6.07) is 10.2. The fraction of sp³-hybridized carbons (Fsp3) is 0.125. The topological polar surface area (TPSA) is 81.4 Å². The standard InChI is InChI=1S/C16H13F3N2O3/c17-16(18,19)10-4-3-5-11(8-10)21-15(23)12-6-1-2-7-13(12)24-9-14(20)22/h1-8H,9H2,(H2,20,22)(H,21,23). The molecule has 0 heterocycles. The Hall–Kier alpha value is -3.03. The van der Waals surface area contributed by atoms with Gasteiger partial charge in [-0.25, -0.2) is 0 Å². The van der Waals surface area contributed by atoms with E-state index in [1.54, 1.807) is 12.1 Å². The van der Waals surface area contributed by atoms with Crippen LogP contribution in [-0.4, -0.2) is 18.4 Å². The van der Waals surface area contributed by atoms with Gasteiger partial charge in [0.2, 0.25) is 0 Å². The molecule has 0 aliphatic rings. The van der Waals surface area contributed by atoms with E-state index in [1.807, 2.05) is 0 Å². The average Bonchev–Trinajstić information content (AvgIpc) is 2.52. The number of para-hydroxylation sites is 1. The van der Waals surface area contributed by atoms with Gasteiger partial charge in [-0.2, -0.15) is 13.2 Å². The highest BCUT2D eigenvalue weighted by molar-refractivity contribution is 6.06. The third-order valence-corrected chi connectivity index (χ3v) is 2.95. The molecule has 2 aromatic carbocycles. The third-order valence-electron chi connectivity index (χ3n) is 2.95. The Bertz CT molecular complexity index is 760. The highest BCUT2D eigenvalue weighted by atomic mass is 19.4. The van der Waals surface area contributed by atoms with Gasteiger partial charge in [-0.1, -0.05) is 18.2 Å². The lowest BCUT2D eigenvalue weighted by atomic mass is 10.1. The van der Waals surface area contributed by atoms with Crippen molar-refractivity contribution in [2.24, 2.45) is 5.73 Å². The van der Waals surface area contributed by atoms with E-state index in [0.29, 0.717) is 0 Å². The van der Waals surface area contributed by atoms with E-state index in [1.165, 1.54) is 24.3 Å². The smallest absolute Gasteiger partial charge is 0.416 e. The fourth-order valence-corrected chi connectivity index (χ4v) is 1.90. The Morgan fingerprint density at radius 2 is 1.79 bits per heavy atom. The van der Waals surface area contributed by atoms with Gasteiger partial charge in [0.15, 0.2) is 6.61 Å². The predicted octanol–water partition coefficient (Wildman–Crippen LogP) is 2.82. The molecule has 0 bridgehead atoms. The average molecular weight is 338 g/mol. The van der Waals surface area contributed by atoms with Gasteiger partial charge in [-0.3, -0.25) is 9.59 Å². The van der Waals surface area contributed by atoms with Crippen molar-refractivity contribution in [3.8, 4) is 5.75 Å². The van der Waals surface area contributed by atoms with Gasteiger partial charge in [-0.05, 0) is 30.3 Å². The van der Waals surface area contributed by atoms with Gasteiger partial charge in [0.05, 0.1) is 11.1 Å². The van der Waals surface area contributed by atoms with Crippen LogP contribution in [0.25, 0.3) is 0 Å². The number of hydrogen-bond donors (Lipinski definition) is 2. The zero-order chi connectivity index (χ0) is 17.7. The summed E-state index contributed by atoms with van der Waals surface area (Å²) in [5.41, 5.74) is 4.15. The molecule has 126 valence electrons. The first-order valence-electron chi connectivity index (χ1n) is 6.76. The molecule has 5 nitrogen and oxygen atoms in total. The monoisotopic (exact) mass is 338 g/mol. The third kappa shape index (κ3) is 4.48. The maximum atomic E-state index is 12.7. The summed E-state index contributed by atoms with van der Waals surface area (Å²) in [5.74, 6) is -1.29. The van der Waals surface area contributed by atoms with Crippen LogP contribution in [0.5, 0.6) is 5.75 Å². The lowest BCUT2D eigenvalue weighted by Crippen LogP contribution is -2.21. The fourth-order valence-electron chi connectivity index (χ4n) is 1.90. The first-order chi connectivity index (χ1) is 11.3. The van der Waals surface area contributed by atoms with Crippen LogP contribution in [0, 0.1) is 0 Å². The molecule has 0 radical (unpaired) electrons. The molecule has 2 rings (SSSR count). The molecule has 0 saturated heterocycles. The van der Waals surface area contributed by atoms with Gasteiger partial charge in [-0.15, -0.1) is 0 Å². The number of ether oxygens (including phenoxy) is 1. The van der Waals surface area contributed by atoms with Crippen LogP contribution in [0.1, 0.15) is 15.9 Å².